The van der Waals surface area contributed by atoms with Gasteiger partial charge in [0, 0.05) is 27.8 Å². The Morgan fingerprint density at radius 3 is 2.84 bits per heavy atom. The van der Waals surface area contributed by atoms with E-state index in [9.17, 15) is 14.7 Å². The van der Waals surface area contributed by atoms with Crippen LogP contribution in [0.5, 0.6) is 0 Å². The fourth-order valence-electron chi connectivity index (χ4n) is 3.58. The summed E-state index contributed by atoms with van der Waals surface area (Å²) in [7, 11) is 0. The normalized spacial score (nSPS) is 21.8. The molecule has 3 heterocycles. The first-order valence-corrected chi connectivity index (χ1v) is 8.72. The maximum atomic E-state index is 12.2. The van der Waals surface area contributed by atoms with E-state index in [0.717, 1.165) is 22.2 Å². The van der Waals surface area contributed by atoms with E-state index < -0.39 is 5.97 Å². The number of aliphatic carboxylic acids is 1. The first-order chi connectivity index (χ1) is 11.6. The van der Waals surface area contributed by atoms with Crippen molar-refractivity contribution in [3.8, 4) is 0 Å². The molecule has 2 aliphatic rings. The zero-order valence-corrected chi connectivity index (χ0v) is 16.9. The number of hydrogen-bond donors (Lipinski definition) is 0. The van der Waals surface area contributed by atoms with Crippen LogP contribution < -0.4 is 34.7 Å². The zero-order chi connectivity index (χ0) is 16.8. The van der Waals surface area contributed by atoms with Crippen molar-refractivity contribution in [2.75, 3.05) is 0 Å². The minimum absolute atomic E-state index is 0. The van der Waals surface area contributed by atoms with Gasteiger partial charge in [-0.25, -0.2) is 0 Å². The third kappa shape index (κ3) is 2.91. The molecule has 0 unspecified atom stereocenters. The Hall–Kier alpha value is -1.34. The summed E-state index contributed by atoms with van der Waals surface area (Å²) in [5.41, 5.74) is 0.871. The molecule has 0 bridgehead atoms. The largest absolute Gasteiger partial charge is 1.00 e. The van der Waals surface area contributed by atoms with Crippen LogP contribution in [0.1, 0.15) is 19.8 Å². The van der Waals surface area contributed by atoms with Crippen molar-refractivity contribution in [2.45, 2.75) is 30.7 Å². The number of carboxylic acids is 1. The third-order valence-corrected chi connectivity index (χ3v) is 5.87. The molecule has 0 aliphatic carbocycles. The number of benzene rings is 1. The fourth-order valence-corrected chi connectivity index (χ4v) is 4.79. The summed E-state index contributed by atoms with van der Waals surface area (Å²) in [6.45, 7) is 1.96. The van der Waals surface area contributed by atoms with Crippen LogP contribution in [-0.4, -0.2) is 27.8 Å². The van der Waals surface area contributed by atoms with Gasteiger partial charge in [0.15, 0.2) is 0 Å². The van der Waals surface area contributed by atoms with Gasteiger partial charge in [-0.05, 0) is 18.6 Å². The summed E-state index contributed by atoms with van der Waals surface area (Å²) < 4.78 is 0. The molecule has 1 saturated heterocycles. The number of aromatic nitrogens is 1. The van der Waals surface area contributed by atoms with Gasteiger partial charge >= 0.3 is 29.6 Å². The predicted octanol–water partition coefficient (Wildman–Crippen LogP) is -1.07. The van der Waals surface area contributed by atoms with Crippen LogP contribution >= 0.6 is 11.8 Å². The number of β-lactam (4-membered cyclic amide) rings is 1. The van der Waals surface area contributed by atoms with Gasteiger partial charge in [-0.3, -0.25) is 9.78 Å². The average molecular weight is 362 g/mol. The minimum Gasteiger partial charge on any atom is -0.543 e. The Kier molecular flexibility index (Phi) is 5.25. The van der Waals surface area contributed by atoms with Gasteiger partial charge in [0.1, 0.15) is 0 Å². The maximum Gasteiger partial charge on any atom is 1.00 e. The number of carboxylic acid groups (broad SMARTS) is 1. The minimum atomic E-state index is -1.28. The molecule has 2 atom stereocenters. The molecule has 1 aromatic heterocycles. The molecular weight excluding hydrogens is 347 g/mol. The second-order valence-corrected chi connectivity index (χ2v) is 7.12. The first kappa shape index (κ1) is 18.5. The molecule has 0 saturated carbocycles. The van der Waals surface area contributed by atoms with Crippen molar-refractivity contribution < 1.29 is 44.3 Å². The molecule has 4 rings (SSSR count). The summed E-state index contributed by atoms with van der Waals surface area (Å²) in [4.78, 5) is 31.2. The standard InChI is InChI=1S/C18H16N2O3S.Na/c1-2-11-12-9-14(16(18(22)23)20(12)17(11)21)24-13-7-3-5-10-6-4-8-19-15(10)13;/h3-8,11-12H,2,9H2,1H3,(H,22,23);/q;+1/p-1/t11-,12-;/m1./s1. The number of fused-ring (bicyclic) bond motifs is 2. The van der Waals surface area contributed by atoms with Crippen molar-refractivity contribution in [1.82, 2.24) is 9.88 Å². The van der Waals surface area contributed by atoms with E-state index in [0.29, 0.717) is 11.3 Å². The Labute approximate surface area is 171 Å². The van der Waals surface area contributed by atoms with Crippen molar-refractivity contribution in [3.05, 3.63) is 47.1 Å². The topological polar surface area (TPSA) is 73.3 Å². The van der Waals surface area contributed by atoms with Crippen molar-refractivity contribution in [3.63, 3.8) is 0 Å². The quantitative estimate of drug-likeness (QED) is 0.512. The van der Waals surface area contributed by atoms with Crippen LogP contribution in [0.4, 0.5) is 0 Å². The third-order valence-electron chi connectivity index (χ3n) is 4.71. The first-order valence-electron chi connectivity index (χ1n) is 7.91. The second-order valence-electron chi connectivity index (χ2n) is 5.99. The molecule has 25 heavy (non-hydrogen) atoms. The van der Waals surface area contributed by atoms with Crippen molar-refractivity contribution in [1.29, 1.82) is 0 Å². The summed E-state index contributed by atoms with van der Waals surface area (Å²) in [5, 5.41) is 12.6. The van der Waals surface area contributed by atoms with E-state index in [2.05, 4.69) is 4.98 Å². The van der Waals surface area contributed by atoms with Gasteiger partial charge in [0.05, 0.1) is 29.1 Å². The molecule has 7 heteroatoms. The Balaban J connectivity index is 0.00000182. The molecule has 2 aromatic rings. The molecule has 0 spiro atoms. The second kappa shape index (κ2) is 7.11. The molecule has 1 amide bonds. The van der Waals surface area contributed by atoms with Crippen LogP contribution in [0.2, 0.25) is 0 Å². The molecule has 5 nitrogen and oxygen atoms in total. The predicted molar refractivity (Wildman–Crippen MR) is 88.7 cm³/mol. The summed E-state index contributed by atoms with van der Waals surface area (Å²) in [5.74, 6) is -1.47. The van der Waals surface area contributed by atoms with Crippen LogP contribution in [0.15, 0.2) is 52.0 Å². The summed E-state index contributed by atoms with van der Waals surface area (Å²) in [6, 6.07) is 9.62. The molecule has 1 aromatic carbocycles. The van der Waals surface area contributed by atoms with Crippen LogP contribution in [-0.2, 0) is 9.59 Å². The van der Waals surface area contributed by atoms with E-state index in [1.807, 2.05) is 37.3 Å². The van der Waals surface area contributed by atoms with E-state index in [-0.39, 0.29) is 53.1 Å². The van der Waals surface area contributed by atoms with Gasteiger partial charge < -0.3 is 14.8 Å². The average Bonchev–Trinajstić information content (AvgIpc) is 2.91. The number of para-hydroxylation sites is 1. The molecule has 122 valence electrons. The van der Waals surface area contributed by atoms with Crippen LogP contribution in [0.3, 0.4) is 0 Å². The van der Waals surface area contributed by atoms with Crippen LogP contribution in [0.25, 0.3) is 10.9 Å². The van der Waals surface area contributed by atoms with Crippen molar-refractivity contribution >= 4 is 34.5 Å². The van der Waals surface area contributed by atoms with Gasteiger partial charge in [0.2, 0.25) is 5.91 Å². The van der Waals surface area contributed by atoms with E-state index in [4.69, 9.17) is 0 Å². The number of carbonyl (C=O) groups excluding carboxylic acids is 2. The Morgan fingerprint density at radius 2 is 2.12 bits per heavy atom. The van der Waals surface area contributed by atoms with Gasteiger partial charge in [-0.1, -0.05) is 36.9 Å². The number of thioether (sulfide) groups is 1. The van der Waals surface area contributed by atoms with E-state index in [1.54, 1.807) is 6.20 Å². The molecular formula is C18H15N2NaO3S. The Morgan fingerprint density at radius 1 is 1.36 bits per heavy atom. The molecule has 0 N–H and O–H groups in total. The number of pyridine rings is 1. The van der Waals surface area contributed by atoms with Crippen molar-refractivity contribution in [2.24, 2.45) is 5.92 Å². The SMILES string of the molecule is CC[C@H]1C(=O)N2C(C(=O)[O-])=C(Sc3cccc4cccnc34)C[C@H]12.[Na+]. The number of rotatable bonds is 4. The van der Waals surface area contributed by atoms with Gasteiger partial charge in [0.25, 0.3) is 0 Å². The number of hydrogen-bond acceptors (Lipinski definition) is 5. The van der Waals surface area contributed by atoms with E-state index in [1.165, 1.54) is 16.7 Å². The Bertz CT molecular complexity index is 894. The number of carbonyl (C=O) groups is 2. The number of nitrogens with zero attached hydrogens (tertiary/aromatic N) is 2. The molecule has 1 fully saturated rings. The van der Waals surface area contributed by atoms with Gasteiger partial charge in [-0.15, -0.1) is 0 Å². The smallest absolute Gasteiger partial charge is 0.543 e. The summed E-state index contributed by atoms with van der Waals surface area (Å²) in [6.07, 6.45) is 3.02. The molecule has 0 radical (unpaired) electrons. The maximum absolute atomic E-state index is 12.2. The van der Waals surface area contributed by atoms with Crippen LogP contribution in [0, 0.1) is 5.92 Å². The monoisotopic (exact) mass is 362 g/mol. The fraction of sp³-hybridized carbons (Fsp3) is 0.278. The number of amides is 1. The summed E-state index contributed by atoms with van der Waals surface area (Å²) >= 11 is 1.38. The van der Waals surface area contributed by atoms with E-state index >= 15 is 0 Å². The zero-order valence-electron chi connectivity index (χ0n) is 14.1. The van der Waals surface area contributed by atoms with Gasteiger partial charge in [-0.2, -0.15) is 0 Å². The molecule has 2 aliphatic heterocycles.